The van der Waals surface area contributed by atoms with Crippen molar-refractivity contribution in [2.45, 2.75) is 39.3 Å². The molecule has 1 amide bonds. The fourth-order valence-corrected chi connectivity index (χ4v) is 1.47. The van der Waals surface area contributed by atoms with Crippen LogP contribution < -0.4 is 5.32 Å². The van der Waals surface area contributed by atoms with E-state index in [4.69, 9.17) is 5.11 Å². The molecule has 0 aliphatic rings. The molecule has 0 heterocycles. The number of rotatable bonds is 5. The highest BCUT2D eigenvalue weighted by molar-refractivity contribution is 5.85. The molecule has 0 aromatic carbocycles. The standard InChI is InChI=1S/C10H22N2O2/c1-6-11-10(3,4)9(14)12(5)7-8(2)13/h8,11,13H,6-7H2,1-5H3. The molecule has 84 valence electrons. The predicted octanol–water partition coefficient (Wildman–Crippen LogP) is 0.214. The lowest BCUT2D eigenvalue weighted by Gasteiger charge is -2.30. The maximum atomic E-state index is 11.8. The molecule has 4 heteroatoms. The lowest BCUT2D eigenvalue weighted by molar-refractivity contribution is -0.136. The maximum Gasteiger partial charge on any atom is 0.242 e. The molecule has 0 fully saturated rings. The maximum absolute atomic E-state index is 11.8. The van der Waals surface area contributed by atoms with Crippen LogP contribution in [-0.2, 0) is 4.79 Å². The van der Waals surface area contributed by atoms with Gasteiger partial charge in [-0.1, -0.05) is 6.92 Å². The van der Waals surface area contributed by atoms with Gasteiger partial charge in [0.15, 0.2) is 0 Å². The summed E-state index contributed by atoms with van der Waals surface area (Å²) in [6.45, 7) is 8.44. The zero-order valence-corrected chi connectivity index (χ0v) is 9.79. The van der Waals surface area contributed by atoms with Gasteiger partial charge in [-0.2, -0.15) is 0 Å². The first kappa shape index (κ1) is 13.4. The van der Waals surface area contributed by atoms with Gasteiger partial charge in [0.05, 0.1) is 11.6 Å². The first-order valence-corrected chi connectivity index (χ1v) is 5.00. The van der Waals surface area contributed by atoms with E-state index in [0.717, 1.165) is 6.54 Å². The molecule has 0 saturated carbocycles. The number of nitrogens with zero attached hydrogens (tertiary/aromatic N) is 1. The summed E-state index contributed by atoms with van der Waals surface area (Å²) in [7, 11) is 1.70. The van der Waals surface area contributed by atoms with Gasteiger partial charge in [0, 0.05) is 13.6 Å². The molecule has 0 aromatic rings. The lowest BCUT2D eigenvalue weighted by Crippen LogP contribution is -2.54. The minimum Gasteiger partial charge on any atom is -0.392 e. The van der Waals surface area contributed by atoms with Crippen LogP contribution in [0.1, 0.15) is 27.7 Å². The molecule has 0 saturated heterocycles. The normalized spacial score (nSPS) is 13.9. The molecule has 14 heavy (non-hydrogen) atoms. The van der Waals surface area contributed by atoms with E-state index in [1.165, 1.54) is 0 Å². The molecular weight excluding hydrogens is 180 g/mol. The Hall–Kier alpha value is -0.610. The summed E-state index contributed by atoms with van der Waals surface area (Å²) in [5.74, 6) is 0.000231. The van der Waals surface area contributed by atoms with Gasteiger partial charge in [-0.3, -0.25) is 4.79 Å². The molecule has 0 aliphatic carbocycles. The van der Waals surface area contributed by atoms with Crippen molar-refractivity contribution in [2.75, 3.05) is 20.1 Å². The van der Waals surface area contributed by atoms with E-state index in [-0.39, 0.29) is 5.91 Å². The Labute approximate surface area is 86.3 Å². The van der Waals surface area contributed by atoms with Gasteiger partial charge in [0.1, 0.15) is 0 Å². The summed E-state index contributed by atoms with van der Waals surface area (Å²) in [6, 6.07) is 0. The number of carbonyl (C=O) groups excluding carboxylic acids is 1. The van der Waals surface area contributed by atoms with Crippen molar-refractivity contribution in [3.63, 3.8) is 0 Å². The fourth-order valence-electron chi connectivity index (χ4n) is 1.47. The van der Waals surface area contributed by atoms with Crippen molar-refractivity contribution in [3.05, 3.63) is 0 Å². The van der Waals surface area contributed by atoms with Crippen molar-refractivity contribution >= 4 is 5.91 Å². The van der Waals surface area contributed by atoms with Gasteiger partial charge >= 0.3 is 0 Å². The fraction of sp³-hybridized carbons (Fsp3) is 0.900. The number of nitrogens with one attached hydrogen (secondary N) is 1. The minimum atomic E-state index is -0.557. The summed E-state index contributed by atoms with van der Waals surface area (Å²) in [5, 5.41) is 12.3. The van der Waals surface area contributed by atoms with Crippen molar-refractivity contribution < 1.29 is 9.90 Å². The van der Waals surface area contributed by atoms with Gasteiger partial charge in [0.2, 0.25) is 5.91 Å². The van der Waals surface area contributed by atoms with Crippen molar-refractivity contribution in [3.8, 4) is 0 Å². The molecule has 0 rings (SSSR count). The highest BCUT2D eigenvalue weighted by Crippen LogP contribution is 2.06. The smallest absolute Gasteiger partial charge is 0.242 e. The zero-order valence-electron chi connectivity index (χ0n) is 9.79. The number of hydrogen-bond donors (Lipinski definition) is 2. The third kappa shape index (κ3) is 4.07. The molecule has 1 unspecified atom stereocenters. The second-order valence-electron chi connectivity index (χ2n) is 4.19. The van der Waals surface area contributed by atoms with E-state index in [9.17, 15) is 4.79 Å². The molecule has 0 aliphatic heterocycles. The largest absolute Gasteiger partial charge is 0.392 e. The topological polar surface area (TPSA) is 52.6 Å². The minimum absolute atomic E-state index is 0.000231. The Morgan fingerprint density at radius 3 is 2.43 bits per heavy atom. The van der Waals surface area contributed by atoms with Crippen LogP contribution in [0.2, 0.25) is 0 Å². The highest BCUT2D eigenvalue weighted by Gasteiger charge is 2.29. The second kappa shape index (κ2) is 5.32. The Kier molecular flexibility index (Phi) is 5.08. The summed E-state index contributed by atoms with van der Waals surface area (Å²) >= 11 is 0. The van der Waals surface area contributed by atoms with Crippen molar-refractivity contribution in [1.29, 1.82) is 0 Å². The molecule has 0 spiro atoms. The molecular formula is C10H22N2O2. The van der Waals surface area contributed by atoms with E-state index >= 15 is 0 Å². The van der Waals surface area contributed by atoms with E-state index < -0.39 is 11.6 Å². The van der Waals surface area contributed by atoms with Crippen molar-refractivity contribution in [2.24, 2.45) is 0 Å². The number of carbonyl (C=O) groups is 1. The highest BCUT2D eigenvalue weighted by atomic mass is 16.3. The number of aliphatic hydroxyl groups is 1. The van der Waals surface area contributed by atoms with E-state index in [0.29, 0.717) is 6.54 Å². The van der Waals surface area contributed by atoms with E-state index in [2.05, 4.69) is 5.32 Å². The average Bonchev–Trinajstić information content (AvgIpc) is 2.01. The van der Waals surface area contributed by atoms with Crippen LogP contribution >= 0.6 is 0 Å². The van der Waals surface area contributed by atoms with Gasteiger partial charge in [-0.05, 0) is 27.3 Å². The van der Waals surface area contributed by atoms with Crippen LogP contribution in [0.25, 0.3) is 0 Å². The predicted molar refractivity (Wildman–Crippen MR) is 57.1 cm³/mol. The van der Waals surface area contributed by atoms with Gasteiger partial charge in [-0.15, -0.1) is 0 Å². The SMILES string of the molecule is CCNC(C)(C)C(=O)N(C)CC(C)O. The number of amides is 1. The van der Waals surface area contributed by atoms with Crippen LogP contribution in [0.4, 0.5) is 0 Å². The Morgan fingerprint density at radius 2 is 2.07 bits per heavy atom. The molecule has 4 nitrogen and oxygen atoms in total. The third-order valence-electron chi connectivity index (χ3n) is 2.04. The first-order valence-electron chi connectivity index (χ1n) is 5.00. The van der Waals surface area contributed by atoms with Crippen LogP contribution in [0, 0.1) is 0 Å². The van der Waals surface area contributed by atoms with E-state index in [1.54, 1.807) is 18.9 Å². The second-order valence-corrected chi connectivity index (χ2v) is 4.19. The molecule has 2 N–H and O–H groups in total. The van der Waals surface area contributed by atoms with E-state index in [1.807, 2.05) is 20.8 Å². The summed E-state index contributed by atoms with van der Waals surface area (Å²) in [5.41, 5.74) is -0.557. The third-order valence-corrected chi connectivity index (χ3v) is 2.04. The molecule has 0 radical (unpaired) electrons. The summed E-state index contributed by atoms with van der Waals surface area (Å²) < 4.78 is 0. The lowest BCUT2D eigenvalue weighted by atomic mass is 10.0. The number of aliphatic hydroxyl groups excluding tert-OH is 1. The molecule has 1 atom stereocenters. The average molecular weight is 202 g/mol. The van der Waals surface area contributed by atoms with Gasteiger partial charge < -0.3 is 15.3 Å². The quantitative estimate of drug-likeness (QED) is 0.670. The Balaban J connectivity index is 4.29. The van der Waals surface area contributed by atoms with Crippen LogP contribution in [-0.4, -0.2) is 47.7 Å². The summed E-state index contributed by atoms with van der Waals surface area (Å²) in [6.07, 6.45) is -0.485. The first-order chi connectivity index (χ1) is 6.31. The van der Waals surface area contributed by atoms with Crippen LogP contribution in [0.5, 0.6) is 0 Å². The van der Waals surface area contributed by atoms with Crippen LogP contribution in [0.3, 0.4) is 0 Å². The number of hydrogen-bond acceptors (Lipinski definition) is 3. The molecule has 0 bridgehead atoms. The van der Waals surface area contributed by atoms with Gasteiger partial charge in [0.25, 0.3) is 0 Å². The Morgan fingerprint density at radius 1 is 1.57 bits per heavy atom. The van der Waals surface area contributed by atoms with Gasteiger partial charge in [-0.25, -0.2) is 0 Å². The monoisotopic (exact) mass is 202 g/mol. The van der Waals surface area contributed by atoms with Crippen LogP contribution in [0.15, 0.2) is 0 Å². The zero-order chi connectivity index (χ0) is 11.4. The summed E-state index contributed by atoms with van der Waals surface area (Å²) in [4.78, 5) is 13.4. The number of likely N-dealkylation sites (N-methyl/N-ethyl adjacent to an activating group) is 2. The van der Waals surface area contributed by atoms with Crippen molar-refractivity contribution in [1.82, 2.24) is 10.2 Å². The molecule has 0 aromatic heterocycles. The Bertz CT molecular complexity index is 191.